The molecule has 28 heavy (non-hydrogen) atoms. The number of hydrogen-bond donors (Lipinski definition) is 1. The SMILES string of the molecule is CC[C@@H](C)Oc1cccc(C(=O)Nc2ccccc2C(=O)N2CCOCC2)c1. The predicted octanol–water partition coefficient (Wildman–Crippen LogP) is 3.59. The van der Waals surface area contributed by atoms with Crippen molar-refractivity contribution in [2.45, 2.75) is 26.4 Å². The molecule has 1 N–H and O–H groups in total. The molecule has 0 aromatic heterocycles. The molecule has 2 aromatic carbocycles. The fourth-order valence-electron chi connectivity index (χ4n) is 2.94. The summed E-state index contributed by atoms with van der Waals surface area (Å²) < 4.78 is 11.1. The van der Waals surface area contributed by atoms with Crippen LogP contribution in [0.5, 0.6) is 5.75 Å². The number of para-hydroxylation sites is 1. The summed E-state index contributed by atoms with van der Waals surface area (Å²) in [5, 5.41) is 2.87. The van der Waals surface area contributed by atoms with Gasteiger partial charge in [-0.2, -0.15) is 0 Å². The topological polar surface area (TPSA) is 67.9 Å². The van der Waals surface area contributed by atoms with Crippen LogP contribution < -0.4 is 10.1 Å². The van der Waals surface area contributed by atoms with Crippen LogP contribution in [0, 0.1) is 0 Å². The molecule has 2 amide bonds. The molecule has 1 saturated heterocycles. The lowest BCUT2D eigenvalue weighted by atomic mass is 10.1. The van der Waals surface area contributed by atoms with Crippen LogP contribution in [0.2, 0.25) is 0 Å². The number of rotatable bonds is 6. The molecular formula is C22H26N2O4. The number of benzene rings is 2. The third-order valence-electron chi connectivity index (χ3n) is 4.71. The molecule has 148 valence electrons. The summed E-state index contributed by atoms with van der Waals surface area (Å²) in [5.74, 6) is 0.268. The fourth-order valence-corrected chi connectivity index (χ4v) is 2.94. The van der Waals surface area contributed by atoms with Gasteiger partial charge in [0.15, 0.2) is 0 Å². The molecule has 0 spiro atoms. The molecular weight excluding hydrogens is 356 g/mol. The highest BCUT2D eigenvalue weighted by Gasteiger charge is 2.21. The normalized spacial score (nSPS) is 15.0. The average Bonchev–Trinajstić information content (AvgIpc) is 2.74. The summed E-state index contributed by atoms with van der Waals surface area (Å²) in [5.41, 5.74) is 1.46. The standard InChI is InChI=1S/C22H26N2O4/c1-3-16(2)28-18-8-6-7-17(15-18)21(25)23-20-10-5-4-9-19(20)22(26)24-11-13-27-14-12-24/h4-10,15-16H,3,11-14H2,1-2H3,(H,23,25)/t16-/m1/s1. The first-order valence-corrected chi connectivity index (χ1v) is 9.62. The zero-order valence-electron chi connectivity index (χ0n) is 16.3. The Morgan fingerprint density at radius 2 is 1.89 bits per heavy atom. The van der Waals surface area contributed by atoms with E-state index in [1.54, 1.807) is 47.4 Å². The van der Waals surface area contributed by atoms with Crippen molar-refractivity contribution in [3.8, 4) is 5.75 Å². The number of hydrogen-bond acceptors (Lipinski definition) is 4. The molecule has 6 nitrogen and oxygen atoms in total. The van der Waals surface area contributed by atoms with Crippen LogP contribution in [0.3, 0.4) is 0 Å². The Morgan fingerprint density at radius 3 is 2.64 bits per heavy atom. The third kappa shape index (κ3) is 4.89. The smallest absolute Gasteiger partial charge is 0.256 e. The van der Waals surface area contributed by atoms with E-state index in [0.717, 1.165) is 6.42 Å². The third-order valence-corrected chi connectivity index (χ3v) is 4.71. The number of ether oxygens (including phenoxy) is 2. The predicted molar refractivity (Wildman–Crippen MR) is 108 cm³/mol. The van der Waals surface area contributed by atoms with Crippen molar-refractivity contribution in [2.24, 2.45) is 0 Å². The zero-order chi connectivity index (χ0) is 19.9. The highest BCUT2D eigenvalue weighted by molar-refractivity contribution is 6.09. The van der Waals surface area contributed by atoms with E-state index in [4.69, 9.17) is 9.47 Å². The minimum absolute atomic E-state index is 0.0742. The number of morpholine rings is 1. The first kappa shape index (κ1) is 19.9. The van der Waals surface area contributed by atoms with Gasteiger partial charge in [0.05, 0.1) is 30.6 Å². The Hall–Kier alpha value is -2.86. The Bertz CT molecular complexity index is 831. The number of anilines is 1. The average molecular weight is 382 g/mol. The molecule has 6 heteroatoms. The van der Waals surface area contributed by atoms with Gasteiger partial charge in [0, 0.05) is 18.7 Å². The number of amides is 2. The molecule has 0 saturated carbocycles. The molecule has 1 heterocycles. The van der Waals surface area contributed by atoms with E-state index in [0.29, 0.717) is 48.9 Å². The van der Waals surface area contributed by atoms with Gasteiger partial charge in [-0.1, -0.05) is 25.1 Å². The van der Waals surface area contributed by atoms with Crippen molar-refractivity contribution >= 4 is 17.5 Å². The number of carbonyl (C=O) groups excluding carboxylic acids is 2. The van der Waals surface area contributed by atoms with Crippen molar-refractivity contribution in [3.05, 3.63) is 59.7 Å². The second kappa shape index (κ2) is 9.37. The van der Waals surface area contributed by atoms with E-state index in [1.165, 1.54) is 0 Å². The van der Waals surface area contributed by atoms with Crippen LogP contribution in [-0.2, 0) is 4.74 Å². The summed E-state index contributed by atoms with van der Waals surface area (Å²) in [6.45, 7) is 6.20. The highest BCUT2D eigenvalue weighted by Crippen LogP contribution is 2.21. The van der Waals surface area contributed by atoms with E-state index in [1.807, 2.05) is 19.9 Å². The monoisotopic (exact) mass is 382 g/mol. The zero-order valence-corrected chi connectivity index (χ0v) is 16.3. The number of nitrogens with one attached hydrogen (secondary N) is 1. The fraction of sp³-hybridized carbons (Fsp3) is 0.364. The molecule has 1 aliphatic heterocycles. The maximum absolute atomic E-state index is 12.8. The lowest BCUT2D eigenvalue weighted by Gasteiger charge is -2.27. The number of carbonyl (C=O) groups is 2. The summed E-state index contributed by atoms with van der Waals surface area (Å²) in [6, 6.07) is 14.1. The van der Waals surface area contributed by atoms with E-state index >= 15 is 0 Å². The van der Waals surface area contributed by atoms with Crippen LogP contribution in [0.15, 0.2) is 48.5 Å². The van der Waals surface area contributed by atoms with Gasteiger partial charge in [-0.15, -0.1) is 0 Å². The molecule has 0 unspecified atom stereocenters. The Balaban J connectivity index is 1.76. The second-order valence-corrected chi connectivity index (χ2v) is 6.77. The largest absolute Gasteiger partial charge is 0.491 e. The van der Waals surface area contributed by atoms with E-state index in [9.17, 15) is 9.59 Å². The molecule has 1 atom stereocenters. The van der Waals surface area contributed by atoms with Crippen LogP contribution >= 0.6 is 0 Å². The number of nitrogens with zero attached hydrogens (tertiary/aromatic N) is 1. The van der Waals surface area contributed by atoms with Gasteiger partial charge in [0.2, 0.25) is 0 Å². The quantitative estimate of drug-likeness (QED) is 0.829. The van der Waals surface area contributed by atoms with E-state index in [-0.39, 0.29) is 17.9 Å². The van der Waals surface area contributed by atoms with Crippen molar-refractivity contribution in [1.82, 2.24) is 4.90 Å². The highest BCUT2D eigenvalue weighted by atomic mass is 16.5. The maximum atomic E-state index is 12.8. The van der Waals surface area contributed by atoms with Crippen LogP contribution in [0.25, 0.3) is 0 Å². The van der Waals surface area contributed by atoms with Crippen LogP contribution in [0.4, 0.5) is 5.69 Å². The Kier molecular flexibility index (Phi) is 6.66. The van der Waals surface area contributed by atoms with Gasteiger partial charge < -0.3 is 19.7 Å². The minimum Gasteiger partial charge on any atom is -0.491 e. The van der Waals surface area contributed by atoms with Gasteiger partial charge in [0.25, 0.3) is 11.8 Å². The molecule has 1 aliphatic rings. The molecule has 0 radical (unpaired) electrons. The van der Waals surface area contributed by atoms with Gasteiger partial charge in [-0.05, 0) is 43.7 Å². The summed E-state index contributed by atoms with van der Waals surface area (Å²) in [6.07, 6.45) is 0.957. The van der Waals surface area contributed by atoms with E-state index < -0.39 is 0 Å². The molecule has 0 aliphatic carbocycles. The molecule has 1 fully saturated rings. The van der Waals surface area contributed by atoms with Gasteiger partial charge in [-0.3, -0.25) is 9.59 Å². The van der Waals surface area contributed by atoms with Crippen molar-refractivity contribution in [2.75, 3.05) is 31.6 Å². The summed E-state index contributed by atoms with van der Waals surface area (Å²) in [7, 11) is 0. The first-order valence-electron chi connectivity index (χ1n) is 9.62. The Morgan fingerprint density at radius 1 is 1.14 bits per heavy atom. The molecule has 2 aromatic rings. The van der Waals surface area contributed by atoms with Crippen molar-refractivity contribution in [1.29, 1.82) is 0 Å². The molecule has 0 bridgehead atoms. The van der Waals surface area contributed by atoms with Crippen LogP contribution in [-0.4, -0.2) is 49.1 Å². The lowest BCUT2D eigenvalue weighted by Crippen LogP contribution is -2.41. The van der Waals surface area contributed by atoms with E-state index in [2.05, 4.69) is 5.32 Å². The minimum atomic E-state index is -0.281. The van der Waals surface area contributed by atoms with Crippen molar-refractivity contribution < 1.29 is 19.1 Å². The molecule has 3 rings (SSSR count). The van der Waals surface area contributed by atoms with Gasteiger partial charge in [-0.25, -0.2) is 0 Å². The first-order chi connectivity index (χ1) is 13.6. The van der Waals surface area contributed by atoms with Crippen LogP contribution in [0.1, 0.15) is 41.0 Å². The second-order valence-electron chi connectivity index (χ2n) is 6.77. The summed E-state index contributed by atoms with van der Waals surface area (Å²) in [4.78, 5) is 27.4. The summed E-state index contributed by atoms with van der Waals surface area (Å²) >= 11 is 0. The Labute approximate surface area is 165 Å². The van der Waals surface area contributed by atoms with Gasteiger partial charge in [0.1, 0.15) is 5.75 Å². The maximum Gasteiger partial charge on any atom is 0.256 e. The lowest BCUT2D eigenvalue weighted by molar-refractivity contribution is 0.0303. The van der Waals surface area contributed by atoms with Crippen molar-refractivity contribution in [3.63, 3.8) is 0 Å². The van der Waals surface area contributed by atoms with Gasteiger partial charge >= 0.3 is 0 Å².